The minimum absolute atomic E-state index is 0.520. The lowest BCUT2D eigenvalue weighted by Crippen LogP contribution is -2.44. The Morgan fingerprint density at radius 3 is 2.56 bits per heavy atom. The first-order valence-corrected chi connectivity index (χ1v) is 9.21. The Labute approximate surface area is 150 Å². The zero-order valence-corrected chi connectivity index (χ0v) is 14.9. The molecule has 1 aliphatic rings. The Balaban J connectivity index is 1.45. The van der Waals surface area contributed by atoms with E-state index in [4.69, 9.17) is 9.47 Å². The van der Waals surface area contributed by atoms with E-state index in [1.165, 1.54) is 19.3 Å². The maximum absolute atomic E-state index is 5.91. The summed E-state index contributed by atoms with van der Waals surface area (Å²) < 4.78 is 11.6. The molecular weight excluding hydrogens is 312 g/mol. The monoisotopic (exact) mass is 340 g/mol. The van der Waals surface area contributed by atoms with Gasteiger partial charge >= 0.3 is 0 Å². The van der Waals surface area contributed by atoms with Crippen LogP contribution < -0.4 is 20.1 Å². The van der Waals surface area contributed by atoms with Crippen molar-refractivity contribution in [2.45, 2.75) is 38.3 Å². The van der Waals surface area contributed by atoms with Gasteiger partial charge in [0.25, 0.3) is 0 Å². The highest BCUT2D eigenvalue weighted by Crippen LogP contribution is 2.24. The van der Waals surface area contributed by atoms with Gasteiger partial charge in [-0.05, 0) is 44.0 Å². The Morgan fingerprint density at radius 1 is 0.960 bits per heavy atom. The highest BCUT2D eigenvalue weighted by Gasteiger charge is 2.17. The van der Waals surface area contributed by atoms with Crippen LogP contribution in [0.5, 0.6) is 11.5 Å². The van der Waals surface area contributed by atoms with Gasteiger partial charge in [0.1, 0.15) is 24.7 Å². The number of benzene rings is 2. The quantitative estimate of drug-likeness (QED) is 0.711. The first kappa shape index (κ1) is 17.6. The minimum atomic E-state index is 0.520. The maximum atomic E-state index is 5.91. The summed E-state index contributed by atoms with van der Waals surface area (Å²) in [6.07, 6.45) is 3.80. The number of rotatable bonds is 8. The van der Waals surface area contributed by atoms with Gasteiger partial charge in [-0.3, -0.25) is 0 Å². The van der Waals surface area contributed by atoms with Crippen LogP contribution >= 0.6 is 0 Å². The van der Waals surface area contributed by atoms with Gasteiger partial charge in [-0.2, -0.15) is 0 Å². The van der Waals surface area contributed by atoms with Crippen molar-refractivity contribution in [1.82, 2.24) is 5.32 Å². The number of nitrogens with one attached hydrogen (secondary N) is 2. The number of para-hydroxylation sites is 3. The first-order chi connectivity index (χ1) is 12.3. The van der Waals surface area contributed by atoms with Crippen LogP contribution in [0.15, 0.2) is 54.6 Å². The summed E-state index contributed by atoms with van der Waals surface area (Å²) in [5.74, 6) is 1.75. The third-order valence-electron chi connectivity index (χ3n) is 4.49. The molecule has 134 valence electrons. The average Bonchev–Trinajstić information content (AvgIpc) is 2.65. The van der Waals surface area contributed by atoms with Crippen LogP contribution in [0, 0.1) is 0 Å². The number of anilines is 1. The van der Waals surface area contributed by atoms with Gasteiger partial charge in [-0.1, -0.05) is 36.8 Å². The summed E-state index contributed by atoms with van der Waals surface area (Å²) in [5, 5.41) is 7.19. The van der Waals surface area contributed by atoms with Crippen molar-refractivity contribution in [3.05, 3.63) is 54.6 Å². The minimum Gasteiger partial charge on any atom is -0.490 e. The van der Waals surface area contributed by atoms with E-state index in [0.717, 1.165) is 23.7 Å². The molecule has 2 atom stereocenters. The lowest BCUT2D eigenvalue weighted by Gasteiger charge is -2.29. The van der Waals surface area contributed by atoms with E-state index in [-0.39, 0.29) is 0 Å². The van der Waals surface area contributed by atoms with Gasteiger partial charge in [0.05, 0.1) is 5.69 Å². The summed E-state index contributed by atoms with van der Waals surface area (Å²) >= 11 is 0. The second kappa shape index (κ2) is 9.33. The highest BCUT2D eigenvalue weighted by atomic mass is 16.5. The second-order valence-corrected chi connectivity index (χ2v) is 6.58. The topological polar surface area (TPSA) is 42.5 Å². The van der Waals surface area contributed by atoms with Gasteiger partial charge < -0.3 is 20.1 Å². The summed E-state index contributed by atoms with van der Waals surface area (Å²) in [6, 6.07) is 19.1. The standard InChI is InChI=1S/C21H28N2O2/c1-17-8-7-9-18(23-17)16-22-20-12-5-6-13-21(20)25-15-14-24-19-10-3-2-4-11-19/h2-6,10-13,17-18,22-23H,7-9,14-16H2,1H3. The molecule has 4 heteroatoms. The van der Waals surface area contributed by atoms with Crippen LogP contribution in [0.4, 0.5) is 5.69 Å². The van der Waals surface area contributed by atoms with E-state index in [1.807, 2.05) is 48.5 Å². The van der Waals surface area contributed by atoms with Crippen LogP contribution in [-0.4, -0.2) is 31.8 Å². The molecule has 0 radical (unpaired) electrons. The van der Waals surface area contributed by atoms with E-state index in [2.05, 4.69) is 23.6 Å². The molecule has 3 rings (SSSR count). The molecule has 2 aromatic carbocycles. The van der Waals surface area contributed by atoms with E-state index in [1.54, 1.807) is 0 Å². The molecule has 2 aromatic rings. The van der Waals surface area contributed by atoms with Gasteiger partial charge in [0.15, 0.2) is 0 Å². The number of ether oxygens (including phenoxy) is 2. The molecule has 2 unspecified atom stereocenters. The molecule has 0 amide bonds. The molecular formula is C21H28N2O2. The summed E-state index contributed by atoms with van der Waals surface area (Å²) in [7, 11) is 0. The zero-order valence-electron chi connectivity index (χ0n) is 14.9. The SMILES string of the molecule is CC1CCCC(CNc2ccccc2OCCOc2ccccc2)N1. The van der Waals surface area contributed by atoms with Gasteiger partial charge in [0.2, 0.25) is 0 Å². The smallest absolute Gasteiger partial charge is 0.142 e. The molecule has 2 N–H and O–H groups in total. The first-order valence-electron chi connectivity index (χ1n) is 9.21. The van der Waals surface area contributed by atoms with Crippen molar-refractivity contribution in [2.75, 3.05) is 25.1 Å². The Kier molecular flexibility index (Phi) is 6.57. The highest BCUT2D eigenvalue weighted by molar-refractivity contribution is 5.56. The molecule has 1 heterocycles. The molecule has 0 aliphatic carbocycles. The molecule has 0 bridgehead atoms. The van der Waals surface area contributed by atoms with Crippen molar-refractivity contribution >= 4 is 5.69 Å². The van der Waals surface area contributed by atoms with Crippen molar-refractivity contribution in [2.24, 2.45) is 0 Å². The fraction of sp³-hybridized carbons (Fsp3) is 0.429. The van der Waals surface area contributed by atoms with Crippen LogP contribution in [-0.2, 0) is 0 Å². The predicted molar refractivity (Wildman–Crippen MR) is 103 cm³/mol. The van der Waals surface area contributed by atoms with E-state index in [0.29, 0.717) is 25.3 Å². The van der Waals surface area contributed by atoms with Crippen LogP contribution in [0.25, 0.3) is 0 Å². The van der Waals surface area contributed by atoms with E-state index in [9.17, 15) is 0 Å². The molecule has 0 spiro atoms. The van der Waals surface area contributed by atoms with Crippen molar-refractivity contribution in [1.29, 1.82) is 0 Å². The zero-order chi connectivity index (χ0) is 17.3. The summed E-state index contributed by atoms with van der Waals surface area (Å²) in [6.45, 7) is 4.23. The number of hydrogen-bond acceptors (Lipinski definition) is 4. The second-order valence-electron chi connectivity index (χ2n) is 6.58. The normalized spacial score (nSPS) is 20.0. The Hall–Kier alpha value is -2.20. The fourth-order valence-electron chi connectivity index (χ4n) is 3.20. The Bertz CT molecular complexity index is 633. The van der Waals surface area contributed by atoms with Crippen LogP contribution in [0.1, 0.15) is 26.2 Å². The predicted octanol–water partition coefficient (Wildman–Crippen LogP) is 4.09. The van der Waals surface area contributed by atoms with Gasteiger partial charge in [-0.15, -0.1) is 0 Å². The third kappa shape index (κ3) is 5.68. The van der Waals surface area contributed by atoms with Crippen molar-refractivity contribution < 1.29 is 9.47 Å². The van der Waals surface area contributed by atoms with Gasteiger partial charge in [-0.25, -0.2) is 0 Å². The molecule has 0 saturated carbocycles. The summed E-state index contributed by atoms with van der Waals surface area (Å²) in [4.78, 5) is 0. The maximum Gasteiger partial charge on any atom is 0.142 e. The fourth-order valence-corrected chi connectivity index (χ4v) is 3.20. The third-order valence-corrected chi connectivity index (χ3v) is 4.49. The van der Waals surface area contributed by atoms with Crippen molar-refractivity contribution in [3.63, 3.8) is 0 Å². The van der Waals surface area contributed by atoms with Crippen LogP contribution in [0.2, 0.25) is 0 Å². The molecule has 0 aromatic heterocycles. The number of hydrogen-bond donors (Lipinski definition) is 2. The van der Waals surface area contributed by atoms with E-state index >= 15 is 0 Å². The largest absolute Gasteiger partial charge is 0.490 e. The molecule has 1 saturated heterocycles. The number of piperidine rings is 1. The van der Waals surface area contributed by atoms with E-state index < -0.39 is 0 Å². The molecule has 4 nitrogen and oxygen atoms in total. The molecule has 1 aliphatic heterocycles. The summed E-state index contributed by atoms with van der Waals surface area (Å²) in [5.41, 5.74) is 1.04. The average molecular weight is 340 g/mol. The molecule has 1 fully saturated rings. The van der Waals surface area contributed by atoms with Gasteiger partial charge in [0, 0.05) is 18.6 Å². The lowest BCUT2D eigenvalue weighted by molar-refractivity contribution is 0.217. The Morgan fingerprint density at radius 2 is 1.72 bits per heavy atom. The molecule has 25 heavy (non-hydrogen) atoms. The van der Waals surface area contributed by atoms with Crippen molar-refractivity contribution in [3.8, 4) is 11.5 Å². The lowest BCUT2D eigenvalue weighted by atomic mass is 9.99. The van der Waals surface area contributed by atoms with Crippen LogP contribution in [0.3, 0.4) is 0 Å².